The number of nitrogens with zero attached hydrogens (tertiary/aromatic N) is 3. The van der Waals surface area contributed by atoms with Gasteiger partial charge in [-0.25, -0.2) is 4.68 Å². The molecule has 1 aromatic heterocycles. The molecule has 2 aromatic carbocycles. The van der Waals surface area contributed by atoms with Crippen LogP contribution in [0.3, 0.4) is 0 Å². The summed E-state index contributed by atoms with van der Waals surface area (Å²) in [5, 5.41) is 7.33. The van der Waals surface area contributed by atoms with Crippen LogP contribution in [0.15, 0.2) is 73.1 Å². The Balaban J connectivity index is 1.42. The number of aromatic nitrogens is 2. The highest BCUT2D eigenvalue weighted by Crippen LogP contribution is 2.19. The van der Waals surface area contributed by atoms with Gasteiger partial charge >= 0.3 is 0 Å². The molecule has 0 bridgehead atoms. The zero-order valence-electron chi connectivity index (χ0n) is 16.2. The molecule has 6 nitrogen and oxygen atoms in total. The molecule has 0 radical (unpaired) electrons. The molecule has 148 valence electrons. The van der Waals surface area contributed by atoms with Crippen molar-refractivity contribution >= 4 is 11.8 Å². The summed E-state index contributed by atoms with van der Waals surface area (Å²) >= 11 is 0. The minimum atomic E-state index is -0.214. The van der Waals surface area contributed by atoms with Gasteiger partial charge in [0.25, 0.3) is 0 Å². The Hall–Kier alpha value is -3.41. The Morgan fingerprint density at radius 2 is 1.86 bits per heavy atom. The maximum absolute atomic E-state index is 12.7. The molecule has 1 aliphatic heterocycles. The smallest absolute Gasteiger partial charge is 0.224 e. The predicted octanol–water partition coefficient (Wildman–Crippen LogP) is 2.89. The highest BCUT2D eigenvalue weighted by atomic mass is 16.2. The summed E-state index contributed by atoms with van der Waals surface area (Å²) in [5.41, 5.74) is 2.89. The monoisotopic (exact) mass is 388 g/mol. The van der Waals surface area contributed by atoms with E-state index in [1.807, 2.05) is 71.8 Å². The third-order valence-corrected chi connectivity index (χ3v) is 5.18. The van der Waals surface area contributed by atoms with E-state index >= 15 is 0 Å². The molecule has 0 spiro atoms. The average molecular weight is 388 g/mol. The van der Waals surface area contributed by atoms with Crippen molar-refractivity contribution in [3.63, 3.8) is 0 Å². The summed E-state index contributed by atoms with van der Waals surface area (Å²) in [4.78, 5) is 26.6. The zero-order chi connectivity index (χ0) is 20.1. The summed E-state index contributed by atoms with van der Waals surface area (Å²) in [5.74, 6) is 0.103. The van der Waals surface area contributed by atoms with Crippen molar-refractivity contribution < 1.29 is 9.59 Å². The van der Waals surface area contributed by atoms with Crippen LogP contribution in [0, 0.1) is 0 Å². The van der Waals surface area contributed by atoms with E-state index in [9.17, 15) is 9.59 Å². The van der Waals surface area contributed by atoms with E-state index in [4.69, 9.17) is 0 Å². The largest absolute Gasteiger partial charge is 0.347 e. The van der Waals surface area contributed by atoms with E-state index in [1.165, 1.54) is 0 Å². The van der Waals surface area contributed by atoms with Gasteiger partial charge in [-0.3, -0.25) is 9.59 Å². The molecular weight excluding hydrogens is 364 g/mol. The summed E-state index contributed by atoms with van der Waals surface area (Å²) in [6.45, 7) is 1.26. The van der Waals surface area contributed by atoms with E-state index in [0.717, 1.165) is 29.8 Å². The van der Waals surface area contributed by atoms with Gasteiger partial charge in [-0.05, 0) is 35.7 Å². The van der Waals surface area contributed by atoms with Gasteiger partial charge in [-0.15, -0.1) is 0 Å². The van der Waals surface area contributed by atoms with Crippen LogP contribution in [0.5, 0.6) is 0 Å². The van der Waals surface area contributed by atoms with E-state index < -0.39 is 0 Å². The lowest BCUT2D eigenvalue weighted by Gasteiger charge is -2.25. The standard InChI is InChI=1S/C23H24N4O2/c28-22(16-18-9-11-20(12-10-18)27-15-5-13-24-27)25-21(19-6-2-1-3-7-19)17-26-14-4-8-23(26)29/h1-3,5-7,9-13,15,21H,4,8,14,16-17H2,(H,25,28)/t21-/m0/s1. The average Bonchev–Trinajstić information content (AvgIpc) is 3.41. The minimum Gasteiger partial charge on any atom is -0.347 e. The number of nitrogens with one attached hydrogen (secondary N) is 1. The summed E-state index contributed by atoms with van der Waals surface area (Å²) < 4.78 is 1.78. The summed E-state index contributed by atoms with van der Waals surface area (Å²) in [6.07, 6.45) is 5.38. The fraction of sp³-hybridized carbons (Fsp3) is 0.261. The zero-order valence-corrected chi connectivity index (χ0v) is 16.2. The van der Waals surface area contributed by atoms with Crippen LogP contribution in [0.1, 0.15) is 30.0 Å². The first kappa shape index (κ1) is 18.9. The first-order valence-electron chi connectivity index (χ1n) is 9.90. The Labute approximate surface area is 170 Å². The first-order chi connectivity index (χ1) is 14.2. The third kappa shape index (κ3) is 4.71. The molecule has 1 saturated heterocycles. The van der Waals surface area contributed by atoms with E-state index in [-0.39, 0.29) is 24.3 Å². The first-order valence-corrected chi connectivity index (χ1v) is 9.90. The molecule has 1 N–H and O–H groups in total. The second-order valence-corrected chi connectivity index (χ2v) is 7.27. The Kier molecular flexibility index (Phi) is 5.70. The van der Waals surface area contributed by atoms with Gasteiger partial charge in [0.05, 0.1) is 18.2 Å². The van der Waals surface area contributed by atoms with Crippen molar-refractivity contribution in [1.29, 1.82) is 0 Å². The van der Waals surface area contributed by atoms with Crippen LogP contribution in [-0.2, 0) is 16.0 Å². The normalized spacial score (nSPS) is 14.8. The maximum atomic E-state index is 12.7. The van der Waals surface area contributed by atoms with E-state index in [2.05, 4.69) is 10.4 Å². The predicted molar refractivity (Wildman–Crippen MR) is 110 cm³/mol. The van der Waals surface area contributed by atoms with Gasteiger partial charge < -0.3 is 10.2 Å². The lowest BCUT2D eigenvalue weighted by atomic mass is 10.1. The molecule has 0 saturated carbocycles. The van der Waals surface area contributed by atoms with Crippen molar-refractivity contribution in [1.82, 2.24) is 20.0 Å². The molecule has 1 aliphatic rings. The van der Waals surface area contributed by atoms with Crippen LogP contribution in [0.2, 0.25) is 0 Å². The topological polar surface area (TPSA) is 67.2 Å². The number of hydrogen-bond donors (Lipinski definition) is 1. The molecule has 29 heavy (non-hydrogen) atoms. The van der Waals surface area contributed by atoms with Crippen molar-refractivity contribution in [3.05, 3.63) is 84.2 Å². The lowest BCUT2D eigenvalue weighted by molar-refractivity contribution is -0.129. The van der Waals surface area contributed by atoms with Crippen LogP contribution in [0.25, 0.3) is 5.69 Å². The van der Waals surface area contributed by atoms with Crippen LogP contribution in [0.4, 0.5) is 0 Å². The Morgan fingerprint density at radius 3 is 2.52 bits per heavy atom. The summed E-state index contributed by atoms with van der Waals surface area (Å²) in [6, 6.07) is 19.3. The maximum Gasteiger partial charge on any atom is 0.224 e. The molecule has 6 heteroatoms. The quantitative estimate of drug-likeness (QED) is 0.677. The van der Waals surface area contributed by atoms with Crippen molar-refractivity contribution in [2.45, 2.75) is 25.3 Å². The number of benzene rings is 2. The van der Waals surface area contributed by atoms with Crippen LogP contribution in [-0.4, -0.2) is 39.6 Å². The molecule has 2 heterocycles. The van der Waals surface area contributed by atoms with E-state index in [0.29, 0.717) is 13.0 Å². The van der Waals surface area contributed by atoms with E-state index in [1.54, 1.807) is 10.9 Å². The Bertz CT molecular complexity index is 952. The molecule has 3 aromatic rings. The molecule has 1 fully saturated rings. The second-order valence-electron chi connectivity index (χ2n) is 7.27. The number of carbonyl (C=O) groups excluding carboxylic acids is 2. The van der Waals surface area contributed by atoms with Gasteiger partial charge in [-0.1, -0.05) is 42.5 Å². The van der Waals surface area contributed by atoms with Crippen molar-refractivity contribution in [3.8, 4) is 5.69 Å². The fourth-order valence-electron chi connectivity index (χ4n) is 3.66. The second kappa shape index (κ2) is 8.73. The number of amides is 2. The number of rotatable bonds is 7. The minimum absolute atomic E-state index is 0.0580. The van der Waals surface area contributed by atoms with Gasteiger partial charge in [0.2, 0.25) is 11.8 Å². The van der Waals surface area contributed by atoms with Gasteiger partial charge in [0.15, 0.2) is 0 Å². The molecule has 0 unspecified atom stereocenters. The van der Waals surface area contributed by atoms with Gasteiger partial charge in [-0.2, -0.15) is 5.10 Å². The molecule has 0 aliphatic carbocycles. The van der Waals surface area contributed by atoms with Crippen LogP contribution >= 0.6 is 0 Å². The fourth-order valence-corrected chi connectivity index (χ4v) is 3.66. The highest BCUT2D eigenvalue weighted by molar-refractivity contribution is 5.80. The number of likely N-dealkylation sites (tertiary alicyclic amines) is 1. The number of carbonyl (C=O) groups is 2. The van der Waals surface area contributed by atoms with Crippen molar-refractivity contribution in [2.24, 2.45) is 0 Å². The number of hydrogen-bond acceptors (Lipinski definition) is 3. The van der Waals surface area contributed by atoms with Gasteiger partial charge in [0.1, 0.15) is 0 Å². The molecular formula is C23H24N4O2. The molecule has 2 amide bonds. The third-order valence-electron chi connectivity index (χ3n) is 5.18. The highest BCUT2D eigenvalue weighted by Gasteiger charge is 2.25. The molecule has 1 atom stereocenters. The lowest BCUT2D eigenvalue weighted by Crippen LogP contribution is -2.39. The van der Waals surface area contributed by atoms with Crippen LogP contribution < -0.4 is 5.32 Å². The SMILES string of the molecule is O=C(Cc1ccc(-n2cccn2)cc1)N[C@@H](CN1CCCC1=O)c1ccccc1. The van der Waals surface area contributed by atoms with Gasteiger partial charge in [0, 0.05) is 31.9 Å². The van der Waals surface area contributed by atoms with Crippen molar-refractivity contribution in [2.75, 3.05) is 13.1 Å². The summed E-state index contributed by atoms with van der Waals surface area (Å²) in [7, 11) is 0. The Morgan fingerprint density at radius 1 is 1.07 bits per heavy atom. The molecule has 4 rings (SSSR count).